The predicted octanol–water partition coefficient (Wildman–Crippen LogP) is 3.08. The summed E-state index contributed by atoms with van der Waals surface area (Å²) in [5, 5.41) is 0.632. The summed E-state index contributed by atoms with van der Waals surface area (Å²) in [6, 6.07) is 9.44. The van der Waals surface area contributed by atoms with Crippen LogP contribution in [0, 0.1) is 6.92 Å². The molecule has 2 rings (SSSR count). The Balaban J connectivity index is 2.07. The number of aromatic nitrogens is 1. The lowest BCUT2D eigenvalue weighted by Gasteiger charge is -2.09. The molecule has 0 bridgehead atoms. The van der Waals surface area contributed by atoms with Gasteiger partial charge in [-0.15, -0.1) is 0 Å². The lowest BCUT2D eigenvalue weighted by molar-refractivity contribution is 0.300. The summed E-state index contributed by atoms with van der Waals surface area (Å²) in [5.74, 6) is 0.724. The van der Waals surface area contributed by atoms with Crippen molar-refractivity contribution in [3.63, 3.8) is 0 Å². The van der Waals surface area contributed by atoms with Gasteiger partial charge in [0.05, 0.1) is 5.69 Å². The molecule has 0 amide bonds. The van der Waals surface area contributed by atoms with Crippen molar-refractivity contribution >= 4 is 11.6 Å². The minimum absolute atomic E-state index is 0.429. The Kier molecular flexibility index (Phi) is 4.18. The number of nitrogens with two attached hydrogens (primary N) is 1. The molecule has 1 aromatic heterocycles. The number of rotatable bonds is 4. The summed E-state index contributed by atoms with van der Waals surface area (Å²) in [6.45, 7) is 2.87. The number of halogens is 1. The summed E-state index contributed by atoms with van der Waals surface area (Å²) in [5.41, 5.74) is 8.51. The smallest absolute Gasteiger partial charge is 0.130 e. The van der Waals surface area contributed by atoms with E-state index < -0.39 is 0 Å². The molecule has 0 aliphatic heterocycles. The lowest BCUT2D eigenvalue weighted by Crippen LogP contribution is -2.01. The molecule has 2 aromatic rings. The quantitative estimate of drug-likeness (QED) is 0.921. The third-order valence-corrected chi connectivity index (χ3v) is 3.09. The van der Waals surface area contributed by atoms with Gasteiger partial charge < -0.3 is 10.5 Å². The molecule has 0 radical (unpaired) electrons. The molecule has 0 fully saturated rings. The van der Waals surface area contributed by atoms with Crippen LogP contribution in [0.25, 0.3) is 0 Å². The minimum Gasteiger partial charge on any atom is -0.487 e. The molecule has 18 heavy (non-hydrogen) atoms. The van der Waals surface area contributed by atoms with Gasteiger partial charge in [-0.05, 0) is 36.2 Å². The molecular weight excluding hydrogens is 248 g/mol. The first-order chi connectivity index (χ1) is 8.70. The van der Waals surface area contributed by atoms with Crippen LogP contribution in [0.2, 0.25) is 5.02 Å². The van der Waals surface area contributed by atoms with E-state index in [2.05, 4.69) is 4.98 Å². The van der Waals surface area contributed by atoms with Crippen molar-refractivity contribution in [3.05, 3.63) is 58.4 Å². The molecule has 0 unspecified atom stereocenters. The molecule has 0 aliphatic rings. The van der Waals surface area contributed by atoms with Crippen LogP contribution in [0.5, 0.6) is 5.75 Å². The molecule has 0 saturated carbocycles. The number of ether oxygens (including phenoxy) is 1. The van der Waals surface area contributed by atoms with E-state index in [1.165, 1.54) is 0 Å². The third kappa shape index (κ3) is 3.00. The highest BCUT2D eigenvalue weighted by molar-refractivity contribution is 6.31. The summed E-state index contributed by atoms with van der Waals surface area (Å²) < 4.78 is 5.67. The molecule has 94 valence electrons. The number of benzene rings is 1. The fourth-order valence-electron chi connectivity index (χ4n) is 1.60. The van der Waals surface area contributed by atoms with Crippen molar-refractivity contribution in [2.45, 2.75) is 20.1 Å². The minimum atomic E-state index is 0.429. The molecule has 0 saturated heterocycles. The van der Waals surface area contributed by atoms with Crippen molar-refractivity contribution < 1.29 is 4.74 Å². The van der Waals surface area contributed by atoms with Crippen LogP contribution in [0.15, 0.2) is 36.5 Å². The molecule has 0 aliphatic carbocycles. The van der Waals surface area contributed by atoms with Crippen LogP contribution in [-0.2, 0) is 13.2 Å². The topological polar surface area (TPSA) is 48.1 Å². The number of hydrogen-bond donors (Lipinski definition) is 1. The van der Waals surface area contributed by atoms with Gasteiger partial charge in [-0.2, -0.15) is 0 Å². The van der Waals surface area contributed by atoms with Crippen LogP contribution in [0.4, 0.5) is 0 Å². The van der Waals surface area contributed by atoms with Crippen molar-refractivity contribution in [3.8, 4) is 5.75 Å². The highest BCUT2D eigenvalue weighted by atomic mass is 35.5. The van der Waals surface area contributed by atoms with Gasteiger partial charge in [0.15, 0.2) is 0 Å². The predicted molar refractivity (Wildman–Crippen MR) is 72.6 cm³/mol. The first kappa shape index (κ1) is 12.9. The Labute approximate surface area is 112 Å². The molecule has 1 aromatic carbocycles. The van der Waals surface area contributed by atoms with Gasteiger partial charge >= 0.3 is 0 Å². The number of nitrogens with zero attached hydrogens (tertiary/aromatic N) is 1. The van der Waals surface area contributed by atoms with Crippen molar-refractivity contribution in [2.75, 3.05) is 0 Å². The Hall–Kier alpha value is -1.58. The van der Waals surface area contributed by atoms with Gasteiger partial charge in [0.1, 0.15) is 12.4 Å². The van der Waals surface area contributed by atoms with Crippen molar-refractivity contribution in [1.29, 1.82) is 0 Å². The zero-order chi connectivity index (χ0) is 13.0. The van der Waals surface area contributed by atoms with Gasteiger partial charge in [-0.3, -0.25) is 4.98 Å². The van der Waals surface area contributed by atoms with E-state index in [1.54, 1.807) is 12.3 Å². The zero-order valence-corrected chi connectivity index (χ0v) is 10.9. The molecule has 1 heterocycles. The first-order valence-corrected chi connectivity index (χ1v) is 6.10. The van der Waals surface area contributed by atoms with Crippen molar-refractivity contribution in [1.82, 2.24) is 4.98 Å². The monoisotopic (exact) mass is 262 g/mol. The second-order valence-corrected chi connectivity index (χ2v) is 4.42. The van der Waals surface area contributed by atoms with E-state index in [4.69, 9.17) is 22.1 Å². The maximum Gasteiger partial charge on any atom is 0.130 e. The second-order valence-electron chi connectivity index (χ2n) is 4.01. The van der Waals surface area contributed by atoms with Gasteiger partial charge in [0, 0.05) is 17.8 Å². The normalized spacial score (nSPS) is 10.4. The summed E-state index contributed by atoms with van der Waals surface area (Å²) in [6.07, 6.45) is 1.76. The second kappa shape index (κ2) is 5.85. The summed E-state index contributed by atoms with van der Waals surface area (Å²) in [7, 11) is 0. The number of pyridine rings is 1. The fourth-order valence-corrected chi connectivity index (χ4v) is 1.85. The molecule has 2 N–H and O–H groups in total. The van der Waals surface area contributed by atoms with Crippen molar-refractivity contribution in [2.24, 2.45) is 5.73 Å². The summed E-state index contributed by atoms with van der Waals surface area (Å²) in [4.78, 5) is 4.27. The van der Waals surface area contributed by atoms with E-state index in [0.29, 0.717) is 18.2 Å². The average molecular weight is 263 g/mol. The van der Waals surface area contributed by atoms with Gasteiger partial charge in [-0.25, -0.2) is 0 Å². The van der Waals surface area contributed by atoms with Crippen LogP contribution >= 0.6 is 11.6 Å². The average Bonchev–Trinajstić information content (AvgIpc) is 2.38. The maximum atomic E-state index is 6.07. The maximum absolute atomic E-state index is 6.07. The zero-order valence-electron chi connectivity index (χ0n) is 10.2. The fraction of sp³-hybridized carbons (Fsp3) is 0.214. The van der Waals surface area contributed by atoms with E-state index in [9.17, 15) is 0 Å². The van der Waals surface area contributed by atoms with Gasteiger partial charge in [0.2, 0.25) is 0 Å². The van der Waals surface area contributed by atoms with Gasteiger partial charge in [0.25, 0.3) is 0 Å². The van der Waals surface area contributed by atoms with E-state index in [0.717, 1.165) is 22.6 Å². The lowest BCUT2D eigenvalue weighted by atomic mass is 10.2. The Morgan fingerprint density at radius 3 is 2.83 bits per heavy atom. The van der Waals surface area contributed by atoms with E-state index in [-0.39, 0.29) is 0 Å². The first-order valence-electron chi connectivity index (χ1n) is 5.72. The highest BCUT2D eigenvalue weighted by Gasteiger charge is 2.03. The largest absolute Gasteiger partial charge is 0.487 e. The van der Waals surface area contributed by atoms with Crippen LogP contribution < -0.4 is 10.5 Å². The number of aryl methyl sites for hydroxylation is 1. The van der Waals surface area contributed by atoms with Gasteiger partial charge in [-0.1, -0.05) is 23.7 Å². The van der Waals surface area contributed by atoms with Crippen LogP contribution in [0.1, 0.15) is 16.8 Å². The summed E-state index contributed by atoms with van der Waals surface area (Å²) >= 11 is 6.07. The van der Waals surface area contributed by atoms with E-state index in [1.807, 2.05) is 31.2 Å². The molecular formula is C14H15ClN2O. The van der Waals surface area contributed by atoms with Crippen LogP contribution in [-0.4, -0.2) is 4.98 Å². The Morgan fingerprint density at radius 1 is 1.33 bits per heavy atom. The number of hydrogen-bond acceptors (Lipinski definition) is 3. The van der Waals surface area contributed by atoms with E-state index >= 15 is 0 Å². The SMILES string of the molecule is Cc1cccnc1COc1ccc(CN)c(Cl)c1. The third-order valence-electron chi connectivity index (χ3n) is 2.74. The highest BCUT2D eigenvalue weighted by Crippen LogP contribution is 2.23. The molecule has 4 heteroatoms. The Morgan fingerprint density at radius 2 is 2.17 bits per heavy atom. The van der Waals surface area contributed by atoms with Crippen LogP contribution in [0.3, 0.4) is 0 Å². The standard InChI is InChI=1S/C14H15ClN2O/c1-10-3-2-6-17-14(10)9-18-12-5-4-11(8-16)13(15)7-12/h2-7H,8-9,16H2,1H3. The molecule has 0 atom stereocenters. The molecule has 0 spiro atoms. The Bertz CT molecular complexity index is 543. The molecule has 3 nitrogen and oxygen atoms in total.